The molecule has 0 fully saturated rings. The van der Waals surface area contributed by atoms with Crippen molar-refractivity contribution < 1.29 is 25.2 Å². The van der Waals surface area contributed by atoms with E-state index in [1.165, 1.54) is 6.92 Å². The van der Waals surface area contributed by atoms with Gasteiger partial charge in [-0.3, -0.25) is 4.79 Å². The molecule has 0 aromatic carbocycles. The third kappa shape index (κ3) is 2.86. The van der Waals surface area contributed by atoms with Crippen LogP contribution >= 0.6 is 0 Å². The molecule has 0 saturated heterocycles. The normalized spacial score (nSPS) is 18.4. The first kappa shape index (κ1) is 11.5. The second-order valence-corrected chi connectivity index (χ2v) is 2.51. The third-order valence-electron chi connectivity index (χ3n) is 1.58. The highest BCUT2D eigenvalue weighted by molar-refractivity contribution is 5.83. The lowest BCUT2D eigenvalue weighted by Gasteiger charge is -2.19. The molecule has 0 aliphatic carbocycles. The molecule has 0 aliphatic rings. The first-order valence-corrected chi connectivity index (χ1v) is 3.72. The lowest BCUT2D eigenvalue weighted by atomic mass is 10.0. The van der Waals surface area contributed by atoms with E-state index in [9.17, 15) is 4.79 Å². The molecule has 5 nitrogen and oxygen atoms in total. The van der Waals surface area contributed by atoms with Crippen molar-refractivity contribution in [2.24, 2.45) is 0 Å². The Labute approximate surface area is 70.3 Å². The monoisotopic (exact) mass is 178 g/mol. The molecule has 0 aromatic rings. The number of carbonyl (C=O) groups excluding carboxylic acids is 1. The lowest BCUT2D eigenvalue weighted by molar-refractivity contribution is -0.139. The second kappa shape index (κ2) is 5.21. The maximum Gasteiger partial charge on any atom is 0.163 e. The van der Waals surface area contributed by atoms with Gasteiger partial charge in [0.25, 0.3) is 0 Å². The predicted octanol–water partition coefficient (Wildman–Crippen LogP) is -1.96. The van der Waals surface area contributed by atoms with Crippen LogP contribution in [0.4, 0.5) is 0 Å². The van der Waals surface area contributed by atoms with Crippen LogP contribution in [0.3, 0.4) is 0 Å². The van der Waals surface area contributed by atoms with Crippen molar-refractivity contribution >= 4 is 5.78 Å². The summed E-state index contributed by atoms with van der Waals surface area (Å²) >= 11 is 0. The topological polar surface area (TPSA) is 98.0 Å². The number of aliphatic hydroxyl groups is 4. The van der Waals surface area contributed by atoms with E-state index in [-0.39, 0.29) is 6.42 Å². The SMILES string of the molecule is CCC(=O)[C@H](O)[C@@H](O)[C@H](O)CO. The molecule has 0 aliphatic heterocycles. The first-order valence-electron chi connectivity index (χ1n) is 3.72. The van der Waals surface area contributed by atoms with E-state index in [1.807, 2.05) is 0 Å². The van der Waals surface area contributed by atoms with Crippen molar-refractivity contribution in [3.63, 3.8) is 0 Å². The maximum absolute atomic E-state index is 10.8. The van der Waals surface area contributed by atoms with E-state index < -0.39 is 30.7 Å². The molecule has 0 aromatic heterocycles. The Hall–Kier alpha value is -0.490. The minimum Gasteiger partial charge on any atom is -0.394 e. The van der Waals surface area contributed by atoms with Gasteiger partial charge < -0.3 is 20.4 Å². The van der Waals surface area contributed by atoms with E-state index >= 15 is 0 Å². The standard InChI is InChI=1S/C7H14O5/c1-2-4(9)6(11)7(12)5(10)3-8/h5-8,10-12H,2-3H2,1H3/t5-,6+,7+/m1/s1. The summed E-state index contributed by atoms with van der Waals surface area (Å²) in [5, 5.41) is 35.2. The number of ketones is 1. The third-order valence-corrected chi connectivity index (χ3v) is 1.58. The average molecular weight is 178 g/mol. The fraction of sp³-hybridized carbons (Fsp3) is 0.857. The number of aliphatic hydroxyl groups excluding tert-OH is 4. The summed E-state index contributed by atoms with van der Waals surface area (Å²) < 4.78 is 0. The molecular formula is C7H14O5. The molecule has 12 heavy (non-hydrogen) atoms. The smallest absolute Gasteiger partial charge is 0.163 e. The molecule has 3 atom stereocenters. The highest BCUT2D eigenvalue weighted by Gasteiger charge is 2.28. The first-order chi connectivity index (χ1) is 5.54. The Balaban J connectivity index is 4.08. The van der Waals surface area contributed by atoms with E-state index in [0.29, 0.717) is 0 Å². The summed E-state index contributed by atoms with van der Waals surface area (Å²) in [5.74, 6) is -0.560. The van der Waals surface area contributed by atoms with Crippen LogP contribution < -0.4 is 0 Å². The van der Waals surface area contributed by atoms with Crippen LogP contribution in [0.5, 0.6) is 0 Å². The van der Waals surface area contributed by atoms with E-state index in [1.54, 1.807) is 0 Å². The largest absolute Gasteiger partial charge is 0.394 e. The van der Waals surface area contributed by atoms with E-state index in [0.717, 1.165) is 0 Å². The minimum atomic E-state index is -1.61. The lowest BCUT2D eigenvalue weighted by Crippen LogP contribution is -2.43. The van der Waals surface area contributed by atoms with Crippen molar-refractivity contribution in [2.45, 2.75) is 31.7 Å². The molecule has 0 heterocycles. The minimum absolute atomic E-state index is 0.0797. The Bertz CT molecular complexity index is 147. The number of rotatable bonds is 5. The number of carbonyl (C=O) groups is 1. The van der Waals surface area contributed by atoms with Gasteiger partial charge in [0.1, 0.15) is 18.3 Å². The average Bonchev–Trinajstić information content (AvgIpc) is 2.12. The van der Waals surface area contributed by atoms with Crippen LogP contribution in [0.15, 0.2) is 0 Å². The van der Waals surface area contributed by atoms with Crippen molar-refractivity contribution in [3.8, 4) is 0 Å². The maximum atomic E-state index is 10.8. The summed E-state index contributed by atoms with van der Waals surface area (Å²) in [6.07, 6.45) is -4.62. The van der Waals surface area contributed by atoms with Gasteiger partial charge >= 0.3 is 0 Å². The quantitative estimate of drug-likeness (QED) is 0.392. The van der Waals surface area contributed by atoms with Gasteiger partial charge in [-0.2, -0.15) is 0 Å². The van der Waals surface area contributed by atoms with Crippen LogP contribution in [-0.2, 0) is 4.79 Å². The van der Waals surface area contributed by atoms with Gasteiger partial charge in [0.15, 0.2) is 5.78 Å². The van der Waals surface area contributed by atoms with Crippen LogP contribution in [0.2, 0.25) is 0 Å². The molecule has 0 saturated carbocycles. The molecule has 0 amide bonds. The van der Waals surface area contributed by atoms with Gasteiger partial charge in [-0.15, -0.1) is 0 Å². The highest BCUT2D eigenvalue weighted by atomic mass is 16.4. The second-order valence-electron chi connectivity index (χ2n) is 2.51. The summed E-state index contributed by atoms with van der Waals surface area (Å²) in [5.41, 5.74) is 0. The van der Waals surface area contributed by atoms with Crippen LogP contribution in [-0.4, -0.2) is 51.1 Å². The van der Waals surface area contributed by atoms with Gasteiger partial charge in [-0.1, -0.05) is 6.92 Å². The number of hydrogen-bond acceptors (Lipinski definition) is 5. The van der Waals surface area contributed by atoms with Gasteiger partial charge in [-0.05, 0) is 0 Å². The molecule has 0 bridgehead atoms. The summed E-state index contributed by atoms with van der Waals surface area (Å²) in [6, 6.07) is 0. The summed E-state index contributed by atoms with van der Waals surface area (Å²) in [4.78, 5) is 10.8. The predicted molar refractivity (Wildman–Crippen MR) is 40.4 cm³/mol. The molecule has 5 heteroatoms. The fourth-order valence-corrected chi connectivity index (χ4v) is 0.718. The molecular weight excluding hydrogens is 164 g/mol. The van der Waals surface area contributed by atoms with Crippen LogP contribution in [0.1, 0.15) is 13.3 Å². The Kier molecular flexibility index (Phi) is 5.00. The van der Waals surface area contributed by atoms with Gasteiger partial charge in [0, 0.05) is 6.42 Å². The Morgan fingerprint density at radius 3 is 2.17 bits per heavy atom. The molecule has 4 N–H and O–H groups in total. The molecule has 0 rings (SSSR count). The number of Topliss-reactive ketones (excluding diaryl/α,β-unsaturated/α-hetero) is 1. The van der Waals surface area contributed by atoms with Gasteiger partial charge in [0.05, 0.1) is 6.61 Å². The Morgan fingerprint density at radius 1 is 1.33 bits per heavy atom. The Morgan fingerprint density at radius 2 is 1.83 bits per heavy atom. The van der Waals surface area contributed by atoms with Crippen molar-refractivity contribution in [3.05, 3.63) is 0 Å². The van der Waals surface area contributed by atoms with Crippen molar-refractivity contribution in [1.82, 2.24) is 0 Å². The van der Waals surface area contributed by atoms with Gasteiger partial charge in [0.2, 0.25) is 0 Å². The number of hydrogen-bond donors (Lipinski definition) is 4. The van der Waals surface area contributed by atoms with Crippen LogP contribution in [0.25, 0.3) is 0 Å². The van der Waals surface area contributed by atoms with Crippen LogP contribution in [0, 0.1) is 0 Å². The van der Waals surface area contributed by atoms with Gasteiger partial charge in [-0.25, -0.2) is 0 Å². The summed E-state index contributed by atoms with van der Waals surface area (Å²) in [6.45, 7) is 0.846. The summed E-state index contributed by atoms with van der Waals surface area (Å²) in [7, 11) is 0. The molecule has 72 valence electrons. The molecule has 0 unspecified atom stereocenters. The molecule has 0 radical (unpaired) electrons. The van der Waals surface area contributed by atoms with Crippen molar-refractivity contribution in [2.75, 3.05) is 6.61 Å². The zero-order chi connectivity index (χ0) is 9.72. The zero-order valence-corrected chi connectivity index (χ0v) is 6.84. The van der Waals surface area contributed by atoms with Crippen molar-refractivity contribution in [1.29, 1.82) is 0 Å². The van der Waals surface area contributed by atoms with E-state index in [4.69, 9.17) is 20.4 Å². The van der Waals surface area contributed by atoms with E-state index in [2.05, 4.69) is 0 Å². The highest BCUT2D eigenvalue weighted by Crippen LogP contribution is 2.02. The molecule has 0 spiro atoms. The fourth-order valence-electron chi connectivity index (χ4n) is 0.718. The zero-order valence-electron chi connectivity index (χ0n) is 6.84.